The van der Waals surface area contributed by atoms with E-state index in [4.69, 9.17) is 10.8 Å². The number of rotatable bonds is 15. The van der Waals surface area contributed by atoms with Gasteiger partial charge >= 0.3 is 5.97 Å². The number of aliphatic carboxylic acids is 1. The number of nitrogens with two attached hydrogens (primary N) is 1. The number of allylic oxidation sites excluding steroid dienone is 1. The van der Waals surface area contributed by atoms with Gasteiger partial charge in [-0.25, -0.2) is 4.98 Å². The first-order chi connectivity index (χ1) is 16.2. The predicted molar refractivity (Wildman–Crippen MR) is 142 cm³/mol. The number of aliphatic hydroxyl groups is 2. The van der Waals surface area contributed by atoms with Gasteiger partial charge in [-0.1, -0.05) is 44.9 Å². The smallest absolute Gasteiger partial charge is 0.306 e. The maximum absolute atomic E-state index is 12.9. The molecule has 35 heavy (non-hydrogen) atoms. The molecule has 8 heteroatoms. The molecule has 1 heterocycles. The predicted octanol–water partition coefficient (Wildman–Crippen LogP) is 4.75. The number of ketones is 1. The van der Waals surface area contributed by atoms with Crippen molar-refractivity contribution in [1.82, 2.24) is 4.98 Å². The molecular formula is C27H44N2O5S. The Morgan fingerprint density at radius 3 is 2.40 bits per heavy atom. The molecule has 0 bridgehead atoms. The molecule has 7 nitrogen and oxygen atoms in total. The van der Waals surface area contributed by atoms with E-state index in [9.17, 15) is 19.8 Å². The van der Waals surface area contributed by atoms with Gasteiger partial charge in [0, 0.05) is 17.3 Å². The van der Waals surface area contributed by atoms with Crippen molar-refractivity contribution in [3.05, 3.63) is 33.3 Å². The number of nitrogens with zero attached hydrogens (tertiary/aromatic N) is 1. The lowest BCUT2D eigenvalue weighted by molar-refractivity contribution is -0.147. The Bertz CT molecular complexity index is 905. The molecule has 0 fully saturated rings. The Hall–Kier alpha value is -1.87. The first-order valence-electron chi connectivity index (χ1n) is 12.3. The molecule has 0 aromatic carbocycles. The summed E-state index contributed by atoms with van der Waals surface area (Å²) in [5.74, 6) is -2.30. The van der Waals surface area contributed by atoms with Crippen molar-refractivity contribution >= 4 is 29.2 Å². The number of carboxylic acids is 1. The third-order valence-corrected chi connectivity index (χ3v) is 7.68. The van der Waals surface area contributed by atoms with Crippen LogP contribution in [0.3, 0.4) is 0 Å². The molecule has 0 aliphatic carbocycles. The number of carbonyl (C=O) groups excluding carboxylic acids is 1. The minimum absolute atomic E-state index is 0.0700. The molecular weight excluding hydrogens is 464 g/mol. The standard InChI is InChI=1S/C27H44N2O5S/c1-16(11-12-22(28)18(3)13-21-15-35-20(5)29-21)9-8-10-17(2)25(33)19(4)26(34)27(6,7)23(30)14-24(31)32/h11,13,15,17,19,22-23,25,30,33H,8-10,12,14,28H2,1-7H3,(H,31,32)/b16-11-,18-13+/t17-,19+,22-,23-,25-/m0/s1. The SMILES string of the molecule is C/C(=C/C[C@H](N)/C(C)=C/c1csc(C)n1)CCC[C@H](C)[C@H](O)[C@@H](C)C(=O)C(C)(C)[C@@H](O)CC(=O)O. The highest BCUT2D eigenvalue weighted by molar-refractivity contribution is 7.09. The van der Waals surface area contributed by atoms with Crippen LogP contribution in [0.4, 0.5) is 0 Å². The van der Waals surface area contributed by atoms with Crippen LogP contribution in [0.25, 0.3) is 6.08 Å². The van der Waals surface area contributed by atoms with Gasteiger partial charge in [0.25, 0.3) is 0 Å². The zero-order chi connectivity index (χ0) is 26.9. The molecule has 0 aliphatic rings. The number of aliphatic hydroxyl groups excluding tert-OH is 2. The van der Waals surface area contributed by atoms with Crippen LogP contribution in [-0.2, 0) is 9.59 Å². The number of Topliss-reactive ketones (excluding diaryl/α,β-unsaturated/α-hetero) is 1. The second kappa shape index (κ2) is 14.0. The lowest BCUT2D eigenvalue weighted by atomic mass is 9.73. The lowest BCUT2D eigenvalue weighted by Gasteiger charge is -2.34. The third-order valence-electron chi connectivity index (χ3n) is 6.89. The van der Waals surface area contributed by atoms with Crippen LogP contribution >= 0.6 is 11.3 Å². The number of carbonyl (C=O) groups is 2. The molecule has 198 valence electrons. The van der Waals surface area contributed by atoms with E-state index in [1.54, 1.807) is 18.3 Å². The molecule has 1 aromatic heterocycles. The van der Waals surface area contributed by atoms with Crippen molar-refractivity contribution in [2.45, 2.75) is 98.8 Å². The summed E-state index contributed by atoms with van der Waals surface area (Å²) in [4.78, 5) is 28.3. The van der Waals surface area contributed by atoms with E-state index in [0.29, 0.717) is 0 Å². The van der Waals surface area contributed by atoms with Crippen molar-refractivity contribution < 1.29 is 24.9 Å². The summed E-state index contributed by atoms with van der Waals surface area (Å²) in [5, 5.41) is 32.9. The number of aryl methyl sites for hydroxylation is 1. The molecule has 0 radical (unpaired) electrons. The quantitative estimate of drug-likeness (QED) is 0.251. The minimum atomic E-state index is -1.30. The van der Waals surface area contributed by atoms with Gasteiger partial charge in [0.15, 0.2) is 0 Å². The summed E-state index contributed by atoms with van der Waals surface area (Å²) in [6.07, 6.45) is 4.76. The van der Waals surface area contributed by atoms with Crippen molar-refractivity contribution in [1.29, 1.82) is 0 Å². The van der Waals surface area contributed by atoms with Crippen LogP contribution in [-0.4, -0.2) is 50.3 Å². The lowest BCUT2D eigenvalue weighted by Crippen LogP contribution is -2.45. The number of thiazole rings is 1. The number of hydrogen-bond donors (Lipinski definition) is 4. The summed E-state index contributed by atoms with van der Waals surface area (Å²) in [6, 6.07) is -0.0700. The summed E-state index contributed by atoms with van der Waals surface area (Å²) in [6.45, 7) is 12.7. The van der Waals surface area contributed by atoms with Crippen LogP contribution < -0.4 is 5.73 Å². The zero-order valence-corrected chi connectivity index (χ0v) is 23.1. The molecule has 0 amide bonds. The molecule has 0 aliphatic heterocycles. The van der Waals surface area contributed by atoms with Gasteiger partial charge in [-0.3, -0.25) is 9.59 Å². The second-order valence-corrected chi connectivity index (χ2v) is 11.5. The van der Waals surface area contributed by atoms with Crippen molar-refractivity contribution in [3.8, 4) is 0 Å². The number of aromatic nitrogens is 1. The second-order valence-electron chi connectivity index (χ2n) is 10.4. The van der Waals surface area contributed by atoms with Crippen molar-refractivity contribution in [3.63, 3.8) is 0 Å². The Kier molecular flexibility index (Phi) is 12.5. The molecule has 5 atom stereocenters. The largest absolute Gasteiger partial charge is 0.481 e. The van der Waals surface area contributed by atoms with E-state index < -0.39 is 35.9 Å². The maximum Gasteiger partial charge on any atom is 0.306 e. The molecule has 0 spiro atoms. The minimum Gasteiger partial charge on any atom is -0.481 e. The van der Waals surface area contributed by atoms with E-state index in [1.807, 2.05) is 32.2 Å². The van der Waals surface area contributed by atoms with Crippen LogP contribution in [0.15, 0.2) is 22.6 Å². The van der Waals surface area contributed by atoms with Crippen LogP contribution in [0, 0.1) is 24.2 Å². The fourth-order valence-electron chi connectivity index (χ4n) is 4.10. The molecule has 1 rings (SSSR count). The first-order valence-corrected chi connectivity index (χ1v) is 13.2. The summed E-state index contributed by atoms with van der Waals surface area (Å²) in [5.41, 5.74) is 8.35. The average Bonchev–Trinajstić information content (AvgIpc) is 3.19. The van der Waals surface area contributed by atoms with E-state index in [1.165, 1.54) is 19.4 Å². The van der Waals surface area contributed by atoms with Gasteiger partial charge in [-0.2, -0.15) is 0 Å². The van der Waals surface area contributed by atoms with Crippen LogP contribution in [0.2, 0.25) is 0 Å². The maximum atomic E-state index is 12.9. The van der Waals surface area contributed by atoms with Gasteiger partial charge in [-0.15, -0.1) is 11.3 Å². The van der Waals surface area contributed by atoms with Crippen LogP contribution in [0.1, 0.15) is 84.3 Å². The summed E-state index contributed by atoms with van der Waals surface area (Å²) < 4.78 is 0. The van der Waals surface area contributed by atoms with Crippen molar-refractivity contribution in [2.75, 3.05) is 0 Å². The zero-order valence-electron chi connectivity index (χ0n) is 22.2. The van der Waals surface area contributed by atoms with Gasteiger partial charge < -0.3 is 21.1 Å². The third kappa shape index (κ3) is 9.95. The highest BCUT2D eigenvalue weighted by atomic mass is 32.1. The van der Waals surface area contributed by atoms with Gasteiger partial charge in [0.1, 0.15) is 5.78 Å². The van der Waals surface area contributed by atoms with Gasteiger partial charge in [0.05, 0.1) is 34.7 Å². The molecule has 0 saturated heterocycles. The average molecular weight is 509 g/mol. The van der Waals surface area contributed by atoms with Gasteiger partial charge in [-0.05, 0) is 58.4 Å². The Balaban J connectivity index is 2.54. The number of carboxylic acid groups (broad SMARTS) is 1. The molecule has 5 N–H and O–H groups in total. The number of hydrogen-bond acceptors (Lipinski definition) is 7. The van der Waals surface area contributed by atoms with Crippen LogP contribution in [0.5, 0.6) is 0 Å². The molecule has 0 unspecified atom stereocenters. The Morgan fingerprint density at radius 2 is 1.86 bits per heavy atom. The fourth-order valence-corrected chi connectivity index (χ4v) is 4.67. The topological polar surface area (TPSA) is 134 Å². The molecule has 1 aromatic rings. The monoisotopic (exact) mass is 508 g/mol. The van der Waals surface area contributed by atoms with E-state index >= 15 is 0 Å². The Morgan fingerprint density at radius 1 is 1.23 bits per heavy atom. The highest BCUT2D eigenvalue weighted by Crippen LogP contribution is 2.31. The van der Waals surface area contributed by atoms with Gasteiger partial charge in [0.2, 0.25) is 0 Å². The highest BCUT2D eigenvalue weighted by Gasteiger charge is 2.41. The Labute approximate surface area is 214 Å². The van der Waals surface area contributed by atoms with E-state index in [2.05, 4.69) is 18.0 Å². The fraction of sp³-hybridized carbons (Fsp3) is 0.667. The van der Waals surface area contributed by atoms with E-state index in [-0.39, 0.29) is 17.7 Å². The normalized spacial score (nSPS) is 17.5. The molecule has 0 saturated carbocycles. The van der Waals surface area contributed by atoms with Crippen molar-refractivity contribution in [2.24, 2.45) is 23.0 Å². The summed E-state index contributed by atoms with van der Waals surface area (Å²) >= 11 is 1.62. The van der Waals surface area contributed by atoms with E-state index in [0.717, 1.165) is 42.0 Å². The first kappa shape index (κ1) is 31.2. The summed E-state index contributed by atoms with van der Waals surface area (Å²) in [7, 11) is 0.